The second-order valence-electron chi connectivity index (χ2n) is 5.18. The molecule has 1 atom stereocenters. The van der Waals surface area contributed by atoms with Crippen molar-refractivity contribution in [2.45, 2.75) is 26.4 Å². The molecule has 21 heavy (non-hydrogen) atoms. The minimum atomic E-state index is -0.318. The zero-order valence-electron chi connectivity index (χ0n) is 11.9. The van der Waals surface area contributed by atoms with Gasteiger partial charge in [0, 0.05) is 31.5 Å². The Balaban J connectivity index is 1.84. The number of hydrogen-bond acceptors (Lipinski definition) is 5. The van der Waals surface area contributed by atoms with Crippen LogP contribution in [0.2, 0.25) is 0 Å². The average molecular weight is 288 g/mol. The van der Waals surface area contributed by atoms with Crippen LogP contribution in [0.15, 0.2) is 17.1 Å². The van der Waals surface area contributed by atoms with Crippen LogP contribution in [0, 0.1) is 6.92 Å². The van der Waals surface area contributed by atoms with Gasteiger partial charge in [-0.3, -0.25) is 9.59 Å². The van der Waals surface area contributed by atoms with E-state index in [9.17, 15) is 9.59 Å². The largest absolute Gasteiger partial charge is 0.483 e. The molecule has 1 saturated heterocycles. The number of aromatic nitrogens is 3. The molecule has 1 aliphatic heterocycles. The summed E-state index contributed by atoms with van der Waals surface area (Å²) in [4.78, 5) is 36.0. The first-order valence-corrected chi connectivity index (χ1v) is 6.82. The average Bonchev–Trinajstić information content (AvgIpc) is 2.89. The number of pyridine rings is 1. The predicted molar refractivity (Wildman–Crippen MR) is 76.2 cm³/mol. The molecule has 0 unspecified atom stereocenters. The number of hydrogen-bond donors (Lipinski definition) is 1. The van der Waals surface area contributed by atoms with Crippen LogP contribution >= 0.6 is 0 Å². The summed E-state index contributed by atoms with van der Waals surface area (Å²) in [5.41, 5.74) is 0.179. The maximum atomic E-state index is 12.0. The Morgan fingerprint density at radius 3 is 3.05 bits per heavy atom. The monoisotopic (exact) mass is 288 g/mol. The number of likely N-dealkylation sites (tertiary alicyclic amines) is 1. The van der Waals surface area contributed by atoms with Gasteiger partial charge in [0.25, 0.3) is 5.56 Å². The first kappa shape index (κ1) is 13.5. The molecular weight excluding hydrogens is 272 g/mol. The lowest BCUT2D eigenvalue weighted by molar-refractivity contribution is -0.128. The van der Waals surface area contributed by atoms with E-state index < -0.39 is 0 Å². The van der Waals surface area contributed by atoms with Crippen molar-refractivity contribution < 1.29 is 9.53 Å². The molecule has 3 rings (SSSR count). The first-order valence-electron chi connectivity index (χ1n) is 6.82. The van der Waals surface area contributed by atoms with Gasteiger partial charge in [0.1, 0.15) is 17.6 Å². The van der Waals surface area contributed by atoms with Crippen LogP contribution in [0.3, 0.4) is 0 Å². The molecule has 0 spiro atoms. The fourth-order valence-corrected chi connectivity index (χ4v) is 2.44. The second-order valence-corrected chi connectivity index (χ2v) is 5.18. The van der Waals surface area contributed by atoms with Crippen molar-refractivity contribution in [2.24, 2.45) is 0 Å². The van der Waals surface area contributed by atoms with Crippen LogP contribution in [-0.2, 0) is 4.79 Å². The standard InChI is InChI=1S/C14H16N4O3/c1-8-15-6-10-5-12(14(20)17-13(10)16-8)21-11-3-4-18(7-11)9(2)19/h5-6,11H,3-4,7H2,1-2H3,(H,15,16,17,20)/t11-/m0/s1. The maximum absolute atomic E-state index is 12.0. The van der Waals surface area contributed by atoms with Gasteiger partial charge in [-0.1, -0.05) is 0 Å². The number of aryl methyl sites for hydroxylation is 1. The van der Waals surface area contributed by atoms with Crippen molar-refractivity contribution in [3.05, 3.63) is 28.4 Å². The number of carbonyl (C=O) groups excluding carboxylic acids is 1. The van der Waals surface area contributed by atoms with Crippen LogP contribution in [0.4, 0.5) is 0 Å². The number of fused-ring (bicyclic) bond motifs is 1. The van der Waals surface area contributed by atoms with Crippen molar-refractivity contribution in [3.63, 3.8) is 0 Å². The van der Waals surface area contributed by atoms with E-state index in [2.05, 4.69) is 15.0 Å². The summed E-state index contributed by atoms with van der Waals surface area (Å²) in [6.07, 6.45) is 2.22. The highest BCUT2D eigenvalue weighted by atomic mass is 16.5. The van der Waals surface area contributed by atoms with Crippen molar-refractivity contribution >= 4 is 16.9 Å². The van der Waals surface area contributed by atoms with Crippen LogP contribution < -0.4 is 10.3 Å². The number of carbonyl (C=O) groups is 1. The van der Waals surface area contributed by atoms with E-state index in [1.54, 1.807) is 24.1 Å². The summed E-state index contributed by atoms with van der Waals surface area (Å²) in [7, 11) is 0. The number of amides is 1. The van der Waals surface area contributed by atoms with E-state index in [0.717, 1.165) is 11.8 Å². The molecule has 0 bridgehead atoms. The first-order chi connectivity index (χ1) is 10.0. The number of ether oxygens (including phenoxy) is 1. The van der Waals surface area contributed by atoms with Crippen LogP contribution in [0.5, 0.6) is 5.75 Å². The molecule has 0 saturated carbocycles. The highest BCUT2D eigenvalue weighted by molar-refractivity contribution is 5.75. The van der Waals surface area contributed by atoms with E-state index in [0.29, 0.717) is 24.6 Å². The van der Waals surface area contributed by atoms with Gasteiger partial charge in [-0.05, 0) is 13.0 Å². The van der Waals surface area contributed by atoms with E-state index in [-0.39, 0.29) is 23.3 Å². The number of H-pyrrole nitrogens is 1. The molecule has 110 valence electrons. The third kappa shape index (κ3) is 2.72. The molecule has 0 radical (unpaired) electrons. The molecule has 0 aliphatic carbocycles. The Kier molecular flexibility index (Phi) is 3.32. The molecule has 2 aromatic rings. The Hall–Kier alpha value is -2.44. The van der Waals surface area contributed by atoms with Gasteiger partial charge in [0.05, 0.1) is 6.54 Å². The van der Waals surface area contributed by atoms with Crippen molar-refractivity contribution in [1.82, 2.24) is 19.9 Å². The zero-order chi connectivity index (χ0) is 15.0. The molecule has 3 heterocycles. The Labute approximate surface area is 121 Å². The summed E-state index contributed by atoms with van der Waals surface area (Å²) in [5.74, 6) is 0.863. The molecular formula is C14H16N4O3. The zero-order valence-corrected chi connectivity index (χ0v) is 11.9. The minimum absolute atomic E-state index is 0.0254. The number of nitrogens with one attached hydrogen (secondary N) is 1. The quantitative estimate of drug-likeness (QED) is 0.875. The minimum Gasteiger partial charge on any atom is -0.483 e. The smallest absolute Gasteiger partial charge is 0.291 e. The Morgan fingerprint density at radius 1 is 1.52 bits per heavy atom. The van der Waals surface area contributed by atoms with Crippen LogP contribution in [0.1, 0.15) is 19.2 Å². The van der Waals surface area contributed by atoms with Crippen LogP contribution in [-0.4, -0.2) is 45.0 Å². The lowest BCUT2D eigenvalue weighted by atomic mass is 10.3. The maximum Gasteiger partial charge on any atom is 0.291 e. The van der Waals surface area contributed by atoms with Crippen molar-refractivity contribution in [1.29, 1.82) is 0 Å². The molecule has 1 aliphatic rings. The fraction of sp³-hybridized carbons (Fsp3) is 0.429. The molecule has 1 N–H and O–H groups in total. The normalized spacial score (nSPS) is 18.2. The lowest BCUT2D eigenvalue weighted by Gasteiger charge is -2.15. The van der Waals surface area contributed by atoms with Crippen molar-refractivity contribution in [3.8, 4) is 5.75 Å². The third-order valence-electron chi connectivity index (χ3n) is 3.56. The Morgan fingerprint density at radius 2 is 2.33 bits per heavy atom. The highest BCUT2D eigenvalue weighted by Gasteiger charge is 2.26. The summed E-state index contributed by atoms with van der Waals surface area (Å²) < 4.78 is 5.73. The molecule has 0 aromatic carbocycles. The van der Waals surface area contributed by atoms with E-state index in [1.165, 1.54) is 6.92 Å². The van der Waals surface area contributed by atoms with Crippen molar-refractivity contribution in [2.75, 3.05) is 13.1 Å². The van der Waals surface area contributed by atoms with E-state index in [1.807, 2.05) is 0 Å². The lowest BCUT2D eigenvalue weighted by Crippen LogP contribution is -2.29. The van der Waals surface area contributed by atoms with Gasteiger partial charge in [0.15, 0.2) is 5.75 Å². The fourth-order valence-electron chi connectivity index (χ4n) is 2.44. The SMILES string of the molecule is CC(=O)N1CC[C@H](Oc2cc3cnc(C)nc3[nH]c2=O)C1. The molecule has 1 amide bonds. The number of rotatable bonds is 2. The number of aromatic amines is 1. The van der Waals surface area contributed by atoms with Gasteiger partial charge in [0.2, 0.25) is 5.91 Å². The molecule has 7 nitrogen and oxygen atoms in total. The van der Waals surface area contributed by atoms with Crippen LogP contribution in [0.25, 0.3) is 11.0 Å². The van der Waals surface area contributed by atoms with Gasteiger partial charge >= 0.3 is 0 Å². The second kappa shape index (κ2) is 5.16. The predicted octanol–water partition coefficient (Wildman–Crippen LogP) is 0.626. The summed E-state index contributed by atoms with van der Waals surface area (Å²) in [6, 6.07) is 1.64. The topological polar surface area (TPSA) is 88.2 Å². The summed E-state index contributed by atoms with van der Waals surface area (Å²) in [5, 5.41) is 0.719. The van der Waals surface area contributed by atoms with Gasteiger partial charge in [-0.15, -0.1) is 0 Å². The van der Waals surface area contributed by atoms with E-state index >= 15 is 0 Å². The summed E-state index contributed by atoms with van der Waals surface area (Å²) in [6.45, 7) is 4.47. The molecule has 7 heteroatoms. The molecule has 2 aromatic heterocycles. The van der Waals surface area contributed by atoms with Gasteiger partial charge < -0.3 is 14.6 Å². The van der Waals surface area contributed by atoms with E-state index in [4.69, 9.17) is 4.74 Å². The number of nitrogens with zero attached hydrogens (tertiary/aromatic N) is 3. The third-order valence-corrected chi connectivity index (χ3v) is 3.56. The summed E-state index contributed by atoms with van der Waals surface area (Å²) >= 11 is 0. The molecule has 1 fully saturated rings. The van der Waals surface area contributed by atoms with Gasteiger partial charge in [-0.2, -0.15) is 0 Å². The highest BCUT2D eigenvalue weighted by Crippen LogP contribution is 2.18. The van der Waals surface area contributed by atoms with Gasteiger partial charge in [-0.25, -0.2) is 9.97 Å². The Bertz CT molecular complexity index is 755.